The van der Waals surface area contributed by atoms with E-state index in [-0.39, 0.29) is 0 Å². The highest BCUT2D eigenvalue weighted by Gasteiger charge is 2.09. The van der Waals surface area contributed by atoms with E-state index in [0.717, 1.165) is 0 Å². The molecule has 0 amide bonds. The maximum Gasteiger partial charge on any atom is 0.147 e. The lowest BCUT2D eigenvalue weighted by atomic mass is 10.2. The van der Waals surface area contributed by atoms with E-state index in [1.165, 1.54) is 0 Å². The van der Waals surface area contributed by atoms with Crippen molar-refractivity contribution in [2.24, 2.45) is 0 Å². The lowest BCUT2D eigenvalue weighted by Gasteiger charge is -2.10. The van der Waals surface area contributed by atoms with Crippen LogP contribution in [0, 0.1) is 0 Å². The smallest absolute Gasteiger partial charge is 0.147 e. The summed E-state index contributed by atoms with van der Waals surface area (Å²) in [6.07, 6.45) is 1.61. The second-order valence-electron chi connectivity index (χ2n) is 4.00. The van der Waals surface area contributed by atoms with Gasteiger partial charge in [0.05, 0.1) is 23.0 Å². The first-order valence-electron chi connectivity index (χ1n) is 5.87. The van der Waals surface area contributed by atoms with Gasteiger partial charge in [-0.15, -0.1) is 0 Å². The van der Waals surface area contributed by atoms with Crippen LogP contribution in [0.5, 0.6) is 11.5 Å². The maximum atomic E-state index is 9.65. The van der Waals surface area contributed by atoms with Crippen LogP contribution in [0.4, 0.5) is 0 Å². The van der Waals surface area contributed by atoms with E-state index in [4.69, 9.17) is 27.9 Å². The van der Waals surface area contributed by atoms with Crippen LogP contribution >= 0.6 is 23.2 Å². The van der Waals surface area contributed by atoms with Crippen molar-refractivity contribution in [1.82, 2.24) is 4.98 Å². The molecule has 0 aliphatic rings. The molecule has 0 saturated carbocycles. The van der Waals surface area contributed by atoms with E-state index >= 15 is 0 Å². The molecule has 1 aromatic carbocycles. The molecule has 0 aliphatic heterocycles. The number of halogens is 2. The van der Waals surface area contributed by atoms with E-state index in [9.17, 15) is 5.11 Å². The van der Waals surface area contributed by atoms with Crippen molar-refractivity contribution < 1.29 is 9.84 Å². The third-order valence-corrected chi connectivity index (χ3v) is 3.43. The van der Waals surface area contributed by atoms with Crippen molar-refractivity contribution in [3.05, 3.63) is 52.3 Å². The van der Waals surface area contributed by atoms with Gasteiger partial charge in [0.1, 0.15) is 16.5 Å². The highest BCUT2D eigenvalue weighted by molar-refractivity contribution is 6.42. The SMILES string of the molecule is CC[C@H](O)c1ccc(Oc2cccc(Cl)c2Cl)cn1. The van der Waals surface area contributed by atoms with Gasteiger partial charge in [0.15, 0.2) is 0 Å². The Morgan fingerprint density at radius 3 is 2.68 bits per heavy atom. The molecular weight excluding hydrogens is 285 g/mol. The quantitative estimate of drug-likeness (QED) is 0.895. The molecule has 1 aromatic heterocycles. The molecule has 1 heterocycles. The highest BCUT2D eigenvalue weighted by atomic mass is 35.5. The Morgan fingerprint density at radius 2 is 2.05 bits per heavy atom. The fourth-order valence-electron chi connectivity index (χ4n) is 1.55. The summed E-state index contributed by atoms with van der Waals surface area (Å²) in [7, 11) is 0. The maximum absolute atomic E-state index is 9.65. The number of hydrogen-bond acceptors (Lipinski definition) is 3. The van der Waals surface area contributed by atoms with Gasteiger partial charge in [0.2, 0.25) is 0 Å². The fraction of sp³-hybridized carbons (Fsp3) is 0.214. The van der Waals surface area contributed by atoms with Crippen molar-refractivity contribution >= 4 is 23.2 Å². The number of rotatable bonds is 4. The normalized spacial score (nSPS) is 12.2. The molecule has 0 unspecified atom stereocenters. The molecule has 0 bridgehead atoms. The van der Waals surface area contributed by atoms with Crippen LogP contribution in [0.25, 0.3) is 0 Å². The Balaban J connectivity index is 2.18. The molecule has 0 aliphatic carbocycles. The predicted molar refractivity (Wildman–Crippen MR) is 76.0 cm³/mol. The summed E-state index contributed by atoms with van der Waals surface area (Å²) >= 11 is 11.9. The lowest BCUT2D eigenvalue weighted by molar-refractivity contribution is 0.169. The fourth-order valence-corrected chi connectivity index (χ4v) is 1.88. The number of hydrogen-bond donors (Lipinski definition) is 1. The second-order valence-corrected chi connectivity index (χ2v) is 4.78. The second kappa shape index (κ2) is 6.24. The summed E-state index contributed by atoms with van der Waals surface area (Å²) in [5.41, 5.74) is 0.618. The van der Waals surface area contributed by atoms with Crippen molar-refractivity contribution in [3.63, 3.8) is 0 Å². The molecule has 2 rings (SSSR count). The summed E-state index contributed by atoms with van der Waals surface area (Å²) in [4.78, 5) is 4.15. The van der Waals surface area contributed by atoms with Crippen LogP contribution in [-0.2, 0) is 0 Å². The molecule has 1 N–H and O–H groups in total. The topological polar surface area (TPSA) is 42.4 Å². The molecule has 19 heavy (non-hydrogen) atoms. The summed E-state index contributed by atoms with van der Waals surface area (Å²) in [6.45, 7) is 1.89. The van der Waals surface area contributed by atoms with Crippen LogP contribution < -0.4 is 4.74 Å². The molecule has 0 spiro atoms. The Morgan fingerprint density at radius 1 is 1.26 bits per heavy atom. The number of benzene rings is 1. The lowest BCUT2D eigenvalue weighted by Crippen LogP contribution is -1.98. The Kier molecular flexibility index (Phi) is 4.64. The van der Waals surface area contributed by atoms with Crippen molar-refractivity contribution in [1.29, 1.82) is 0 Å². The van der Waals surface area contributed by atoms with Gasteiger partial charge in [-0.25, -0.2) is 0 Å². The standard InChI is InChI=1S/C14H13Cl2NO2/c1-2-12(18)11-7-6-9(8-17-11)19-13-5-3-4-10(15)14(13)16/h3-8,12,18H,2H2,1H3/t12-/m0/s1. The monoisotopic (exact) mass is 297 g/mol. The van der Waals surface area contributed by atoms with Crippen molar-refractivity contribution in [2.75, 3.05) is 0 Å². The zero-order valence-electron chi connectivity index (χ0n) is 10.3. The first-order valence-corrected chi connectivity index (χ1v) is 6.63. The van der Waals surface area contributed by atoms with Crippen LogP contribution in [0.2, 0.25) is 10.0 Å². The first kappa shape index (κ1) is 14.1. The first-order chi connectivity index (χ1) is 9.11. The minimum absolute atomic E-state index is 0.363. The van der Waals surface area contributed by atoms with E-state index in [1.54, 1.807) is 36.5 Å². The molecular formula is C14H13Cl2NO2. The van der Waals surface area contributed by atoms with Gasteiger partial charge < -0.3 is 9.84 Å². The average Bonchev–Trinajstić information content (AvgIpc) is 2.44. The Bertz CT molecular complexity index is 558. The van der Waals surface area contributed by atoms with Gasteiger partial charge >= 0.3 is 0 Å². The van der Waals surface area contributed by atoms with Gasteiger partial charge in [-0.3, -0.25) is 4.98 Å². The van der Waals surface area contributed by atoms with Crippen LogP contribution in [-0.4, -0.2) is 10.1 Å². The number of pyridine rings is 1. The van der Waals surface area contributed by atoms with Gasteiger partial charge in [0.25, 0.3) is 0 Å². The van der Waals surface area contributed by atoms with Crippen LogP contribution in [0.1, 0.15) is 25.1 Å². The van der Waals surface area contributed by atoms with E-state index in [0.29, 0.717) is 33.7 Å². The predicted octanol–water partition coefficient (Wildman–Crippen LogP) is 4.62. The van der Waals surface area contributed by atoms with Gasteiger partial charge in [-0.05, 0) is 30.7 Å². The molecule has 2 aromatic rings. The van der Waals surface area contributed by atoms with Gasteiger partial charge in [-0.2, -0.15) is 0 Å². The number of aliphatic hydroxyl groups excluding tert-OH is 1. The van der Waals surface area contributed by atoms with E-state index in [1.807, 2.05) is 6.92 Å². The Hall–Kier alpha value is -1.29. The molecule has 0 saturated heterocycles. The average molecular weight is 298 g/mol. The minimum Gasteiger partial charge on any atom is -0.454 e. The molecule has 5 heteroatoms. The number of aromatic nitrogens is 1. The minimum atomic E-state index is -0.552. The van der Waals surface area contributed by atoms with Gasteiger partial charge in [0, 0.05) is 0 Å². The molecule has 3 nitrogen and oxygen atoms in total. The van der Waals surface area contributed by atoms with Crippen LogP contribution in [0.3, 0.4) is 0 Å². The molecule has 0 radical (unpaired) electrons. The zero-order valence-corrected chi connectivity index (χ0v) is 11.8. The highest BCUT2D eigenvalue weighted by Crippen LogP contribution is 2.34. The molecule has 0 fully saturated rings. The summed E-state index contributed by atoms with van der Waals surface area (Å²) in [5, 5.41) is 10.4. The summed E-state index contributed by atoms with van der Waals surface area (Å²) in [5.74, 6) is 1.01. The third kappa shape index (κ3) is 3.38. The number of nitrogens with zero attached hydrogens (tertiary/aromatic N) is 1. The van der Waals surface area contributed by atoms with Crippen LogP contribution in [0.15, 0.2) is 36.5 Å². The van der Waals surface area contributed by atoms with Gasteiger partial charge in [-0.1, -0.05) is 36.2 Å². The third-order valence-electron chi connectivity index (χ3n) is 2.63. The summed E-state index contributed by atoms with van der Waals surface area (Å²) < 4.78 is 5.60. The van der Waals surface area contributed by atoms with Crippen molar-refractivity contribution in [2.45, 2.75) is 19.4 Å². The van der Waals surface area contributed by atoms with E-state index in [2.05, 4.69) is 4.98 Å². The number of aliphatic hydroxyl groups is 1. The summed E-state index contributed by atoms with van der Waals surface area (Å²) in [6, 6.07) is 8.63. The zero-order chi connectivity index (χ0) is 13.8. The van der Waals surface area contributed by atoms with E-state index < -0.39 is 6.10 Å². The van der Waals surface area contributed by atoms with Crippen molar-refractivity contribution in [3.8, 4) is 11.5 Å². The largest absolute Gasteiger partial charge is 0.454 e. The molecule has 1 atom stereocenters. The Labute approximate surface area is 121 Å². The number of ether oxygens (including phenoxy) is 1. The molecule has 100 valence electrons.